The van der Waals surface area contributed by atoms with Crippen LogP contribution in [0.4, 0.5) is 0 Å². The molecule has 0 aliphatic rings. The molecule has 19 heavy (non-hydrogen) atoms. The lowest BCUT2D eigenvalue weighted by Crippen LogP contribution is -2.13. The molecule has 6 heteroatoms. The van der Waals surface area contributed by atoms with Gasteiger partial charge in [0.25, 0.3) is 0 Å². The highest BCUT2D eigenvalue weighted by molar-refractivity contribution is 7.90. The van der Waals surface area contributed by atoms with Crippen LogP contribution in [-0.4, -0.2) is 33.9 Å². The van der Waals surface area contributed by atoms with E-state index < -0.39 is 15.8 Å². The monoisotopic (exact) mass is 284 g/mol. The van der Waals surface area contributed by atoms with Gasteiger partial charge in [-0.15, -0.1) is 0 Å². The van der Waals surface area contributed by atoms with Crippen LogP contribution in [0.3, 0.4) is 0 Å². The molecule has 0 aliphatic carbocycles. The number of carbonyl (C=O) groups excluding carboxylic acids is 1. The van der Waals surface area contributed by atoms with Crippen LogP contribution in [-0.2, 0) is 19.4 Å². The molecule has 0 atom stereocenters. The quantitative estimate of drug-likeness (QED) is 0.586. The minimum atomic E-state index is -3.28. The first-order valence-corrected chi connectivity index (χ1v) is 7.51. The highest BCUT2D eigenvalue weighted by Gasteiger charge is 2.10. The zero-order chi connectivity index (χ0) is 14.5. The van der Waals surface area contributed by atoms with Crippen molar-refractivity contribution >= 4 is 15.8 Å². The second kappa shape index (κ2) is 6.38. The molecular weight excluding hydrogens is 268 g/mol. The smallest absolute Gasteiger partial charge is 0.336 e. The highest BCUT2D eigenvalue weighted by Crippen LogP contribution is 2.17. The van der Waals surface area contributed by atoms with E-state index in [1.54, 1.807) is 19.1 Å². The van der Waals surface area contributed by atoms with Gasteiger partial charge in [0.05, 0.1) is 17.1 Å². The summed E-state index contributed by atoms with van der Waals surface area (Å²) >= 11 is 0. The molecule has 104 valence electrons. The van der Waals surface area contributed by atoms with Crippen molar-refractivity contribution in [2.45, 2.75) is 11.8 Å². The Bertz CT molecular complexity index is 574. The molecule has 0 bridgehead atoms. The molecular formula is C13H16O5S. The standard InChI is InChI=1S/C13H16O5S/c1-4-17-13(14)10(2)9-18-11-6-5-7-12(8-11)19(3,15)16/h5-8H,2,4,9H2,1,3H3. The minimum Gasteiger partial charge on any atom is -0.489 e. The number of hydrogen-bond donors (Lipinski definition) is 0. The Morgan fingerprint density at radius 2 is 2.05 bits per heavy atom. The number of carbonyl (C=O) groups is 1. The van der Waals surface area contributed by atoms with Crippen molar-refractivity contribution in [2.75, 3.05) is 19.5 Å². The average molecular weight is 284 g/mol. The Morgan fingerprint density at radius 3 is 2.63 bits per heavy atom. The number of esters is 1. The van der Waals surface area contributed by atoms with Gasteiger partial charge in [0.2, 0.25) is 0 Å². The van der Waals surface area contributed by atoms with Crippen LogP contribution in [0, 0.1) is 0 Å². The molecule has 0 aromatic heterocycles. The lowest BCUT2D eigenvalue weighted by Gasteiger charge is -2.09. The van der Waals surface area contributed by atoms with E-state index >= 15 is 0 Å². The molecule has 0 radical (unpaired) electrons. The Labute approximate surface area is 112 Å². The third kappa shape index (κ3) is 4.75. The molecule has 0 aliphatic heterocycles. The van der Waals surface area contributed by atoms with Crippen LogP contribution in [0.15, 0.2) is 41.3 Å². The number of benzene rings is 1. The van der Waals surface area contributed by atoms with E-state index in [0.717, 1.165) is 6.26 Å². The number of rotatable bonds is 6. The van der Waals surface area contributed by atoms with Gasteiger partial charge in [-0.2, -0.15) is 0 Å². The lowest BCUT2D eigenvalue weighted by molar-refractivity contribution is -0.138. The SMILES string of the molecule is C=C(COc1cccc(S(C)(=O)=O)c1)C(=O)OCC. The summed E-state index contributed by atoms with van der Waals surface area (Å²) in [6.07, 6.45) is 1.11. The molecule has 1 aromatic carbocycles. The van der Waals surface area contributed by atoms with E-state index in [9.17, 15) is 13.2 Å². The first-order chi connectivity index (χ1) is 8.84. The number of sulfone groups is 1. The molecule has 0 unspecified atom stereocenters. The van der Waals surface area contributed by atoms with Crippen LogP contribution < -0.4 is 4.74 Å². The Hall–Kier alpha value is -1.82. The second-order valence-electron chi connectivity index (χ2n) is 3.86. The van der Waals surface area contributed by atoms with E-state index in [2.05, 4.69) is 6.58 Å². The normalized spacial score (nSPS) is 10.8. The first kappa shape index (κ1) is 15.2. The lowest BCUT2D eigenvalue weighted by atomic mass is 10.3. The molecule has 0 spiro atoms. The second-order valence-corrected chi connectivity index (χ2v) is 5.88. The van der Waals surface area contributed by atoms with E-state index in [1.807, 2.05) is 0 Å². The van der Waals surface area contributed by atoms with Crippen molar-refractivity contribution in [1.82, 2.24) is 0 Å². The van der Waals surface area contributed by atoms with Crippen LogP contribution >= 0.6 is 0 Å². The molecule has 0 saturated heterocycles. The summed E-state index contributed by atoms with van der Waals surface area (Å²) in [6.45, 7) is 5.45. The molecule has 0 amide bonds. The third-order valence-electron chi connectivity index (χ3n) is 2.21. The fraction of sp³-hybridized carbons (Fsp3) is 0.308. The molecule has 0 N–H and O–H groups in total. The van der Waals surface area contributed by atoms with Gasteiger partial charge in [0, 0.05) is 6.26 Å². The van der Waals surface area contributed by atoms with E-state index in [0.29, 0.717) is 5.75 Å². The summed E-state index contributed by atoms with van der Waals surface area (Å²) < 4.78 is 32.8. The van der Waals surface area contributed by atoms with Crippen molar-refractivity contribution in [2.24, 2.45) is 0 Å². The zero-order valence-corrected chi connectivity index (χ0v) is 11.7. The van der Waals surface area contributed by atoms with E-state index in [1.165, 1.54) is 12.1 Å². The van der Waals surface area contributed by atoms with Crippen molar-refractivity contribution in [3.8, 4) is 5.75 Å². The molecule has 1 rings (SSSR count). The van der Waals surface area contributed by atoms with Crippen molar-refractivity contribution in [1.29, 1.82) is 0 Å². The summed E-state index contributed by atoms with van der Waals surface area (Å²) in [4.78, 5) is 11.5. The van der Waals surface area contributed by atoms with Crippen molar-refractivity contribution in [3.63, 3.8) is 0 Å². The first-order valence-electron chi connectivity index (χ1n) is 5.62. The Morgan fingerprint density at radius 1 is 1.37 bits per heavy atom. The molecule has 1 aromatic rings. The Kier molecular flexibility index (Phi) is 5.11. The number of hydrogen-bond acceptors (Lipinski definition) is 5. The maximum atomic E-state index is 11.4. The van der Waals surface area contributed by atoms with Crippen LogP contribution in [0.25, 0.3) is 0 Å². The average Bonchev–Trinajstić information content (AvgIpc) is 2.35. The van der Waals surface area contributed by atoms with Crippen LogP contribution in [0.5, 0.6) is 5.75 Å². The van der Waals surface area contributed by atoms with Gasteiger partial charge in [-0.1, -0.05) is 12.6 Å². The van der Waals surface area contributed by atoms with Gasteiger partial charge in [-0.3, -0.25) is 0 Å². The Balaban J connectivity index is 2.69. The van der Waals surface area contributed by atoms with E-state index in [-0.39, 0.29) is 23.7 Å². The number of ether oxygens (including phenoxy) is 2. The summed E-state index contributed by atoms with van der Waals surface area (Å²) in [5, 5.41) is 0. The van der Waals surface area contributed by atoms with Crippen molar-refractivity contribution < 1.29 is 22.7 Å². The van der Waals surface area contributed by atoms with Crippen LogP contribution in [0.1, 0.15) is 6.92 Å². The molecule has 5 nitrogen and oxygen atoms in total. The fourth-order valence-corrected chi connectivity index (χ4v) is 1.91. The fourth-order valence-electron chi connectivity index (χ4n) is 1.26. The van der Waals surface area contributed by atoms with E-state index in [4.69, 9.17) is 9.47 Å². The van der Waals surface area contributed by atoms with Gasteiger partial charge in [0.1, 0.15) is 12.4 Å². The highest BCUT2D eigenvalue weighted by atomic mass is 32.2. The molecule has 0 heterocycles. The zero-order valence-electron chi connectivity index (χ0n) is 10.9. The predicted octanol–water partition coefficient (Wildman–Crippen LogP) is 1.59. The molecule has 0 fully saturated rings. The maximum Gasteiger partial charge on any atom is 0.336 e. The van der Waals surface area contributed by atoms with Gasteiger partial charge in [-0.05, 0) is 25.1 Å². The maximum absolute atomic E-state index is 11.4. The summed E-state index contributed by atoms with van der Waals surface area (Å²) in [6, 6.07) is 6.04. The summed E-state index contributed by atoms with van der Waals surface area (Å²) in [7, 11) is -3.28. The third-order valence-corrected chi connectivity index (χ3v) is 3.32. The van der Waals surface area contributed by atoms with Crippen LogP contribution in [0.2, 0.25) is 0 Å². The van der Waals surface area contributed by atoms with Gasteiger partial charge in [0.15, 0.2) is 9.84 Å². The summed E-state index contributed by atoms with van der Waals surface area (Å²) in [5.41, 5.74) is 0.173. The minimum absolute atomic E-state index is 0.0496. The van der Waals surface area contributed by atoms with Crippen molar-refractivity contribution in [3.05, 3.63) is 36.4 Å². The predicted molar refractivity (Wildman–Crippen MR) is 70.8 cm³/mol. The molecule has 0 saturated carbocycles. The van der Waals surface area contributed by atoms with Gasteiger partial charge < -0.3 is 9.47 Å². The largest absolute Gasteiger partial charge is 0.489 e. The van der Waals surface area contributed by atoms with Gasteiger partial charge >= 0.3 is 5.97 Å². The topological polar surface area (TPSA) is 69.7 Å². The summed E-state index contributed by atoms with van der Waals surface area (Å²) in [5.74, 6) is -0.171. The van der Waals surface area contributed by atoms with Gasteiger partial charge in [-0.25, -0.2) is 13.2 Å².